The standard InChI is InChI=1S/C19H25NS/c1-2-6-12-20(11-5-1)13-14-21-16-17-9-10-18-7-3-4-8-19(18)15-17/h3-4,7-10,15H,1-2,5-6,11-14,16H2. The van der Waals surface area contributed by atoms with Crippen molar-refractivity contribution < 1.29 is 0 Å². The molecular weight excluding hydrogens is 274 g/mol. The summed E-state index contributed by atoms with van der Waals surface area (Å²) in [5, 5.41) is 2.71. The Morgan fingerprint density at radius 1 is 0.857 bits per heavy atom. The van der Waals surface area contributed by atoms with Crippen LogP contribution < -0.4 is 0 Å². The molecule has 2 aromatic rings. The first kappa shape index (κ1) is 14.9. The molecule has 0 aliphatic carbocycles. The number of rotatable bonds is 5. The average molecular weight is 299 g/mol. The molecule has 0 unspecified atom stereocenters. The lowest BCUT2D eigenvalue weighted by Gasteiger charge is -2.19. The number of nitrogens with zero attached hydrogens (tertiary/aromatic N) is 1. The van der Waals surface area contributed by atoms with Crippen LogP contribution in [0.4, 0.5) is 0 Å². The first-order valence-corrected chi connectivity index (χ1v) is 9.35. The number of hydrogen-bond acceptors (Lipinski definition) is 2. The van der Waals surface area contributed by atoms with Crippen LogP contribution in [0.1, 0.15) is 31.2 Å². The molecule has 1 fully saturated rings. The van der Waals surface area contributed by atoms with E-state index in [1.54, 1.807) is 0 Å². The Morgan fingerprint density at radius 2 is 1.62 bits per heavy atom. The Kier molecular flexibility index (Phi) is 5.59. The number of hydrogen-bond donors (Lipinski definition) is 0. The van der Waals surface area contributed by atoms with Crippen molar-refractivity contribution in [2.24, 2.45) is 0 Å². The molecule has 0 spiro atoms. The Hall–Kier alpha value is -0.990. The molecular formula is C19H25NS. The van der Waals surface area contributed by atoms with Gasteiger partial charge in [0.15, 0.2) is 0 Å². The van der Waals surface area contributed by atoms with Crippen molar-refractivity contribution in [2.75, 3.05) is 25.4 Å². The fourth-order valence-corrected chi connectivity index (χ4v) is 4.02. The molecule has 0 bridgehead atoms. The van der Waals surface area contributed by atoms with Gasteiger partial charge in [0, 0.05) is 18.1 Å². The second-order valence-electron chi connectivity index (χ2n) is 5.99. The second-order valence-corrected chi connectivity index (χ2v) is 7.10. The van der Waals surface area contributed by atoms with Crippen LogP contribution in [-0.4, -0.2) is 30.3 Å². The van der Waals surface area contributed by atoms with E-state index in [2.05, 4.69) is 59.1 Å². The molecule has 1 aliphatic heterocycles. The van der Waals surface area contributed by atoms with Gasteiger partial charge in [0.1, 0.15) is 0 Å². The monoisotopic (exact) mass is 299 g/mol. The maximum Gasteiger partial charge on any atom is 0.0185 e. The summed E-state index contributed by atoms with van der Waals surface area (Å²) in [5.41, 5.74) is 1.45. The summed E-state index contributed by atoms with van der Waals surface area (Å²) in [4.78, 5) is 2.65. The molecule has 2 heteroatoms. The van der Waals surface area contributed by atoms with Gasteiger partial charge in [-0.05, 0) is 42.3 Å². The maximum atomic E-state index is 2.65. The molecule has 0 atom stereocenters. The van der Waals surface area contributed by atoms with E-state index in [4.69, 9.17) is 0 Å². The van der Waals surface area contributed by atoms with Crippen LogP contribution >= 0.6 is 11.8 Å². The largest absolute Gasteiger partial charge is 0.303 e. The topological polar surface area (TPSA) is 3.24 Å². The van der Waals surface area contributed by atoms with Gasteiger partial charge in [-0.2, -0.15) is 11.8 Å². The summed E-state index contributed by atoms with van der Waals surface area (Å²) in [6.45, 7) is 3.89. The molecule has 1 aliphatic rings. The van der Waals surface area contributed by atoms with E-state index in [9.17, 15) is 0 Å². The van der Waals surface area contributed by atoms with E-state index in [-0.39, 0.29) is 0 Å². The lowest BCUT2D eigenvalue weighted by Crippen LogP contribution is -2.27. The Labute approximate surface area is 132 Å². The minimum absolute atomic E-state index is 1.14. The van der Waals surface area contributed by atoms with E-state index >= 15 is 0 Å². The van der Waals surface area contributed by atoms with Crippen LogP contribution in [0.2, 0.25) is 0 Å². The lowest BCUT2D eigenvalue weighted by molar-refractivity contribution is 0.303. The summed E-state index contributed by atoms with van der Waals surface area (Å²) in [5.74, 6) is 2.39. The Morgan fingerprint density at radius 3 is 2.43 bits per heavy atom. The SMILES string of the molecule is c1ccc2cc(CSCCN3CCCCCC3)ccc2c1. The molecule has 3 rings (SSSR count). The van der Waals surface area contributed by atoms with Gasteiger partial charge in [-0.3, -0.25) is 0 Å². The molecule has 0 amide bonds. The summed E-state index contributed by atoms with van der Waals surface area (Å²) in [7, 11) is 0. The molecule has 112 valence electrons. The summed E-state index contributed by atoms with van der Waals surface area (Å²) in [6, 6.07) is 15.5. The molecule has 0 radical (unpaired) electrons. The molecule has 0 N–H and O–H groups in total. The third-order valence-electron chi connectivity index (χ3n) is 4.33. The highest BCUT2D eigenvalue weighted by Gasteiger charge is 2.08. The zero-order chi connectivity index (χ0) is 14.3. The quantitative estimate of drug-likeness (QED) is 0.719. The van der Waals surface area contributed by atoms with Gasteiger partial charge in [-0.15, -0.1) is 0 Å². The second kappa shape index (κ2) is 7.86. The molecule has 0 saturated carbocycles. The predicted molar refractivity (Wildman–Crippen MR) is 95.0 cm³/mol. The van der Waals surface area contributed by atoms with Crippen LogP contribution in [-0.2, 0) is 5.75 Å². The van der Waals surface area contributed by atoms with Gasteiger partial charge in [0.05, 0.1) is 0 Å². The fourth-order valence-electron chi connectivity index (χ4n) is 3.07. The Balaban J connectivity index is 1.45. The lowest BCUT2D eigenvalue weighted by atomic mass is 10.1. The van der Waals surface area contributed by atoms with Crippen LogP contribution in [0.25, 0.3) is 10.8 Å². The van der Waals surface area contributed by atoms with Crippen molar-refractivity contribution in [3.05, 3.63) is 48.0 Å². The normalized spacial score (nSPS) is 17.0. The predicted octanol–water partition coefficient (Wildman–Crippen LogP) is 4.95. The van der Waals surface area contributed by atoms with Gasteiger partial charge in [-0.25, -0.2) is 0 Å². The van der Waals surface area contributed by atoms with Crippen molar-refractivity contribution in [1.82, 2.24) is 4.90 Å². The van der Waals surface area contributed by atoms with Crippen LogP contribution in [0.5, 0.6) is 0 Å². The van der Waals surface area contributed by atoms with Gasteiger partial charge >= 0.3 is 0 Å². The van der Waals surface area contributed by atoms with E-state index < -0.39 is 0 Å². The molecule has 1 saturated heterocycles. The summed E-state index contributed by atoms with van der Waals surface area (Å²) >= 11 is 2.07. The van der Waals surface area contributed by atoms with Gasteiger partial charge in [0.25, 0.3) is 0 Å². The first-order valence-electron chi connectivity index (χ1n) is 8.19. The van der Waals surface area contributed by atoms with Crippen molar-refractivity contribution in [1.29, 1.82) is 0 Å². The highest BCUT2D eigenvalue weighted by molar-refractivity contribution is 7.98. The summed E-state index contributed by atoms with van der Waals surface area (Å²) < 4.78 is 0. The Bertz CT molecular complexity index is 558. The number of likely N-dealkylation sites (tertiary alicyclic amines) is 1. The minimum Gasteiger partial charge on any atom is -0.303 e. The fraction of sp³-hybridized carbons (Fsp3) is 0.474. The third kappa shape index (κ3) is 4.49. The van der Waals surface area contributed by atoms with E-state index in [0.29, 0.717) is 0 Å². The van der Waals surface area contributed by atoms with Gasteiger partial charge in [-0.1, -0.05) is 55.3 Å². The maximum absolute atomic E-state index is 2.65. The van der Waals surface area contributed by atoms with Crippen molar-refractivity contribution in [3.63, 3.8) is 0 Å². The van der Waals surface area contributed by atoms with Crippen molar-refractivity contribution in [3.8, 4) is 0 Å². The smallest absolute Gasteiger partial charge is 0.0185 e. The summed E-state index contributed by atoms with van der Waals surface area (Å²) in [6.07, 6.45) is 5.66. The van der Waals surface area contributed by atoms with Gasteiger partial charge in [0.2, 0.25) is 0 Å². The van der Waals surface area contributed by atoms with Gasteiger partial charge < -0.3 is 4.90 Å². The van der Waals surface area contributed by atoms with Crippen molar-refractivity contribution in [2.45, 2.75) is 31.4 Å². The molecule has 2 aromatic carbocycles. The van der Waals surface area contributed by atoms with Crippen LogP contribution in [0.15, 0.2) is 42.5 Å². The molecule has 0 aromatic heterocycles. The minimum atomic E-state index is 1.14. The highest BCUT2D eigenvalue weighted by Crippen LogP contribution is 2.19. The number of benzene rings is 2. The third-order valence-corrected chi connectivity index (χ3v) is 5.34. The number of thioether (sulfide) groups is 1. The highest BCUT2D eigenvalue weighted by atomic mass is 32.2. The number of fused-ring (bicyclic) bond motifs is 1. The van der Waals surface area contributed by atoms with E-state index in [0.717, 1.165) is 5.75 Å². The van der Waals surface area contributed by atoms with E-state index in [1.807, 2.05) is 0 Å². The zero-order valence-corrected chi connectivity index (χ0v) is 13.6. The average Bonchev–Trinajstić information content (AvgIpc) is 2.80. The van der Waals surface area contributed by atoms with Crippen LogP contribution in [0.3, 0.4) is 0 Å². The first-order chi connectivity index (χ1) is 10.4. The van der Waals surface area contributed by atoms with E-state index in [1.165, 1.54) is 67.4 Å². The van der Waals surface area contributed by atoms with Crippen LogP contribution in [0, 0.1) is 0 Å². The molecule has 21 heavy (non-hydrogen) atoms. The zero-order valence-electron chi connectivity index (χ0n) is 12.8. The van der Waals surface area contributed by atoms with Crippen molar-refractivity contribution >= 4 is 22.5 Å². The molecule has 1 heterocycles. The molecule has 1 nitrogen and oxygen atoms in total.